The van der Waals surface area contributed by atoms with E-state index in [1.165, 1.54) is 0 Å². The molecule has 3 aromatic rings. The number of fused-ring (bicyclic) bond motifs is 1. The number of benzene rings is 1. The number of carbonyl (C=O) groups excluding carboxylic acids is 1. The number of rotatable bonds is 3. The van der Waals surface area contributed by atoms with E-state index in [0.29, 0.717) is 16.9 Å². The highest BCUT2D eigenvalue weighted by Crippen LogP contribution is 2.20. The Morgan fingerprint density at radius 2 is 2.19 bits per heavy atom. The first-order chi connectivity index (χ1) is 10.2. The third-order valence-electron chi connectivity index (χ3n) is 3.46. The number of hydrogen-bond acceptors (Lipinski definition) is 3. The maximum absolute atomic E-state index is 12.3. The molecule has 0 fully saturated rings. The minimum absolute atomic E-state index is 0.195. The number of aryl methyl sites for hydroxylation is 1. The smallest absolute Gasteiger partial charge is 0.259 e. The molecule has 5 heteroatoms. The second kappa shape index (κ2) is 5.28. The van der Waals surface area contributed by atoms with Crippen LogP contribution in [0.4, 0.5) is 11.4 Å². The Kier molecular flexibility index (Phi) is 3.31. The molecule has 1 amide bonds. The number of nitrogens with two attached hydrogens (primary N) is 1. The third kappa shape index (κ3) is 2.45. The average Bonchev–Trinajstić information content (AvgIpc) is 2.91. The molecule has 0 saturated carbocycles. The number of nitrogen functional groups attached to an aromatic ring is 1. The predicted octanol–water partition coefficient (Wildman–Crippen LogP) is 2.73. The highest BCUT2D eigenvalue weighted by atomic mass is 16.1. The fourth-order valence-electron chi connectivity index (χ4n) is 2.30. The highest BCUT2D eigenvalue weighted by molar-refractivity contribution is 6.08. The predicted molar refractivity (Wildman–Crippen MR) is 83.4 cm³/mol. The topological polar surface area (TPSA) is 72.4 Å². The summed E-state index contributed by atoms with van der Waals surface area (Å²) in [6, 6.07) is 11.2. The molecule has 21 heavy (non-hydrogen) atoms. The van der Waals surface area contributed by atoms with E-state index in [2.05, 4.69) is 10.4 Å². The van der Waals surface area contributed by atoms with E-state index in [1.807, 2.05) is 37.3 Å². The van der Waals surface area contributed by atoms with Crippen molar-refractivity contribution in [2.24, 2.45) is 0 Å². The van der Waals surface area contributed by atoms with Crippen molar-refractivity contribution < 1.29 is 4.79 Å². The summed E-state index contributed by atoms with van der Waals surface area (Å²) in [6.45, 7) is 2.04. The molecule has 1 aromatic carbocycles. The molecule has 3 N–H and O–H groups in total. The van der Waals surface area contributed by atoms with E-state index in [4.69, 9.17) is 5.73 Å². The molecule has 0 aliphatic heterocycles. The van der Waals surface area contributed by atoms with E-state index in [9.17, 15) is 4.79 Å². The maximum atomic E-state index is 12.3. The molecule has 2 heterocycles. The van der Waals surface area contributed by atoms with Gasteiger partial charge in [-0.25, -0.2) is 4.52 Å². The summed E-state index contributed by atoms with van der Waals surface area (Å²) < 4.78 is 1.67. The van der Waals surface area contributed by atoms with Gasteiger partial charge in [0.05, 0.1) is 17.3 Å². The van der Waals surface area contributed by atoms with Gasteiger partial charge in [0.25, 0.3) is 5.91 Å². The largest absolute Gasteiger partial charge is 0.398 e. The molecule has 5 nitrogen and oxygen atoms in total. The number of pyridine rings is 1. The summed E-state index contributed by atoms with van der Waals surface area (Å²) in [5.74, 6) is -0.195. The lowest BCUT2D eigenvalue weighted by molar-refractivity contribution is 0.102. The summed E-state index contributed by atoms with van der Waals surface area (Å²) in [6.07, 6.45) is 4.24. The van der Waals surface area contributed by atoms with E-state index in [0.717, 1.165) is 17.5 Å². The quantitative estimate of drug-likeness (QED) is 0.724. The average molecular weight is 280 g/mol. The van der Waals surface area contributed by atoms with Crippen molar-refractivity contribution in [1.82, 2.24) is 9.61 Å². The van der Waals surface area contributed by atoms with Crippen LogP contribution in [0.15, 0.2) is 48.8 Å². The Balaban J connectivity index is 1.88. The summed E-state index contributed by atoms with van der Waals surface area (Å²) in [7, 11) is 0. The number of hydrogen-bond donors (Lipinski definition) is 2. The first kappa shape index (κ1) is 13.2. The summed E-state index contributed by atoms with van der Waals surface area (Å²) in [5, 5.41) is 7.01. The molecule has 0 atom stereocenters. The molecule has 0 saturated heterocycles. The molecule has 2 aromatic heterocycles. The second-order valence-corrected chi connectivity index (χ2v) is 4.81. The Hall–Kier alpha value is -2.82. The molecule has 0 spiro atoms. The van der Waals surface area contributed by atoms with Gasteiger partial charge in [0.1, 0.15) is 0 Å². The van der Waals surface area contributed by atoms with E-state index < -0.39 is 0 Å². The lowest BCUT2D eigenvalue weighted by Crippen LogP contribution is -2.12. The fourth-order valence-corrected chi connectivity index (χ4v) is 2.30. The van der Waals surface area contributed by atoms with Gasteiger partial charge >= 0.3 is 0 Å². The molecule has 3 rings (SSSR count). The first-order valence-electron chi connectivity index (χ1n) is 6.81. The summed E-state index contributed by atoms with van der Waals surface area (Å²) >= 11 is 0. The van der Waals surface area contributed by atoms with Gasteiger partial charge in [0, 0.05) is 17.6 Å². The van der Waals surface area contributed by atoms with Crippen LogP contribution in [0.25, 0.3) is 5.52 Å². The number of amides is 1. The van der Waals surface area contributed by atoms with E-state index in [1.54, 1.807) is 23.0 Å². The second-order valence-electron chi connectivity index (χ2n) is 4.81. The van der Waals surface area contributed by atoms with Gasteiger partial charge in [-0.05, 0) is 36.2 Å². The molecule has 0 bridgehead atoms. The lowest BCUT2D eigenvalue weighted by Gasteiger charge is -2.08. The Bertz CT molecular complexity index is 807. The highest BCUT2D eigenvalue weighted by Gasteiger charge is 2.12. The zero-order valence-corrected chi connectivity index (χ0v) is 11.7. The van der Waals surface area contributed by atoms with Crippen LogP contribution < -0.4 is 11.1 Å². The maximum Gasteiger partial charge on any atom is 0.259 e. The van der Waals surface area contributed by atoms with Crippen molar-refractivity contribution in [3.05, 3.63) is 59.9 Å². The number of anilines is 2. The van der Waals surface area contributed by atoms with E-state index >= 15 is 0 Å². The van der Waals surface area contributed by atoms with Crippen LogP contribution in [0.1, 0.15) is 22.8 Å². The Labute approximate surface area is 122 Å². The van der Waals surface area contributed by atoms with Gasteiger partial charge in [0.15, 0.2) is 0 Å². The van der Waals surface area contributed by atoms with Crippen molar-refractivity contribution in [2.45, 2.75) is 13.3 Å². The zero-order valence-electron chi connectivity index (χ0n) is 11.7. The minimum atomic E-state index is -0.195. The minimum Gasteiger partial charge on any atom is -0.398 e. The molecular weight excluding hydrogens is 264 g/mol. The third-order valence-corrected chi connectivity index (χ3v) is 3.46. The summed E-state index contributed by atoms with van der Waals surface area (Å²) in [4.78, 5) is 12.3. The lowest BCUT2D eigenvalue weighted by atomic mass is 10.1. The van der Waals surface area contributed by atoms with Gasteiger partial charge in [-0.3, -0.25) is 4.79 Å². The normalized spacial score (nSPS) is 10.7. The molecule has 0 aliphatic carbocycles. The number of aromatic nitrogens is 2. The van der Waals surface area contributed by atoms with Crippen LogP contribution in [0, 0.1) is 0 Å². The first-order valence-corrected chi connectivity index (χ1v) is 6.81. The van der Waals surface area contributed by atoms with Crippen LogP contribution in [0.5, 0.6) is 0 Å². The van der Waals surface area contributed by atoms with Crippen molar-refractivity contribution in [3.63, 3.8) is 0 Å². The molecule has 106 valence electrons. The molecule has 0 radical (unpaired) electrons. The van der Waals surface area contributed by atoms with Gasteiger partial charge in [0.2, 0.25) is 0 Å². The van der Waals surface area contributed by atoms with Crippen molar-refractivity contribution in [2.75, 3.05) is 11.1 Å². The van der Waals surface area contributed by atoms with Crippen LogP contribution >= 0.6 is 0 Å². The van der Waals surface area contributed by atoms with Gasteiger partial charge < -0.3 is 11.1 Å². The molecule has 0 unspecified atom stereocenters. The van der Waals surface area contributed by atoms with Gasteiger partial charge in [-0.15, -0.1) is 0 Å². The van der Waals surface area contributed by atoms with Gasteiger partial charge in [-0.1, -0.05) is 19.1 Å². The Morgan fingerprint density at radius 1 is 1.33 bits per heavy atom. The van der Waals surface area contributed by atoms with Crippen LogP contribution in [-0.4, -0.2) is 15.5 Å². The zero-order chi connectivity index (χ0) is 14.8. The SMILES string of the molecule is CCc1ccc(NC(=O)c2cnn3ccccc23)cc1N. The van der Waals surface area contributed by atoms with Crippen LogP contribution in [-0.2, 0) is 6.42 Å². The molecular formula is C16H16N4O. The van der Waals surface area contributed by atoms with Crippen molar-refractivity contribution >= 4 is 22.8 Å². The molecule has 0 aliphatic rings. The number of nitrogens with one attached hydrogen (secondary N) is 1. The van der Waals surface area contributed by atoms with E-state index in [-0.39, 0.29) is 5.91 Å². The Morgan fingerprint density at radius 3 is 2.95 bits per heavy atom. The summed E-state index contributed by atoms with van der Waals surface area (Å²) in [5.41, 5.74) is 9.70. The number of carbonyl (C=O) groups is 1. The van der Waals surface area contributed by atoms with Gasteiger partial charge in [-0.2, -0.15) is 5.10 Å². The van der Waals surface area contributed by atoms with Crippen molar-refractivity contribution in [3.8, 4) is 0 Å². The van der Waals surface area contributed by atoms with Crippen LogP contribution in [0.3, 0.4) is 0 Å². The van der Waals surface area contributed by atoms with Crippen molar-refractivity contribution in [1.29, 1.82) is 0 Å². The standard InChI is InChI=1S/C16H16N4O/c1-2-11-6-7-12(9-14(11)17)19-16(21)13-10-18-20-8-4-3-5-15(13)20/h3-10H,2,17H2,1H3,(H,19,21). The van der Waals surface area contributed by atoms with Crippen LogP contribution in [0.2, 0.25) is 0 Å². The fraction of sp³-hybridized carbons (Fsp3) is 0.125. The number of nitrogens with zero attached hydrogens (tertiary/aromatic N) is 2. The monoisotopic (exact) mass is 280 g/mol.